The third-order valence-corrected chi connectivity index (χ3v) is 8.11. The van der Waals surface area contributed by atoms with Crippen molar-refractivity contribution in [1.29, 1.82) is 0 Å². The molecule has 0 atom stereocenters. The Morgan fingerprint density at radius 2 is 0.872 bits per heavy atom. The van der Waals surface area contributed by atoms with E-state index in [1.165, 1.54) is 36.4 Å². The molecule has 0 bridgehead atoms. The number of para-hydroxylation sites is 1. The van der Waals surface area contributed by atoms with Crippen LogP contribution in [0, 0.1) is 0 Å². The van der Waals surface area contributed by atoms with Crippen molar-refractivity contribution in [3.8, 4) is 55.8 Å². The highest BCUT2D eigenvalue weighted by Crippen LogP contribution is 2.50. The number of benzene rings is 8. The van der Waals surface area contributed by atoms with Gasteiger partial charge in [0.25, 0.3) is 0 Å². The molecule has 0 aliphatic carbocycles. The van der Waals surface area contributed by atoms with Gasteiger partial charge in [0, 0.05) is 27.6 Å². The summed E-state index contributed by atoms with van der Waals surface area (Å²) in [5.41, 5.74) is 0.679. The second kappa shape index (κ2) is 11.3. The maximum atomic E-state index is 9.52. The summed E-state index contributed by atoms with van der Waals surface area (Å²) >= 11 is 0. The van der Waals surface area contributed by atoms with Crippen LogP contribution in [-0.4, -0.2) is 0 Å². The van der Waals surface area contributed by atoms with Crippen molar-refractivity contribution in [2.24, 2.45) is 0 Å². The molecular weight excluding hydrogens is 569 g/mol. The van der Waals surface area contributed by atoms with Gasteiger partial charge in [-0.05, 0) is 49.4 Å². The Bertz CT molecular complexity index is 3420. The van der Waals surface area contributed by atoms with Gasteiger partial charge in [-0.1, -0.05) is 182 Å². The van der Waals surface area contributed by atoms with Crippen molar-refractivity contribution in [3.05, 3.63) is 182 Å². The fourth-order valence-corrected chi connectivity index (χ4v) is 6.10. The Balaban J connectivity index is 1.52. The van der Waals surface area contributed by atoms with Crippen molar-refractivity contribution in [2.45, 2.75) is 0 Å². The first-order valence-electron chi connectivity index (χ1n) is 23.6. The molecule has 9 aromatic rings. The molecular formula is C46H30O. The van der Waals surface area contributed by atoms with Gasteiger partial charge in [-0.25, -0.2) is 0 Å². The summed E-state index contributed by atoms with van der Waals surface area (Å²) in [6.07, 6.45) is 0. The standard InChI is InChI=1S/C46H30O/c1-4-15-31(16-5-1)32-27-29-35(30-28-32)45-44(41-26-14-25-36(46(41)47-45)33-17-6-2-7-18-33)43-39-23-12-10-21-37(39)42(34-19-8-3-9-20-34)38-22-11-13-24-40(38)43/h1-30H/i1D,2D,4D,5D,6D,7D,10D,11D,12D,13D,15D,16D,17D,18D,21D,22D,23D,24D. The number of rotatable bonds is 5. The zero-order valence-electron chi connectivity index (χ0n) is 42.3. The molecule has 0 saturated carbocycles. The molecule has 9 rings (SSSR count). The van der Waals surface area contributed by atoms with E-state index in [0.717, 1.165) is 0 Å². The van der Waals surface area contributed by atoms with Crippen molar-refractivity contribution in [2.75, 3.05) is 0 Å². The Morgan fingerprint density at radius 1 is 0.340 bits per heavy atom. The minimum atomic E-state index is -0.639. The van der Waals surface area contributed by atoms with Crippen LogP contribution in [-0.2, 0) is 0 Å². The average molecular weight is 617 g/mol. The Morgan fingerprint density at radius 3 is 1.49 bits per heavy atom. The van der Waals surface area contributed by atoms with Gasteiger partial charge in [-0.2, -0.15) is 0 Å². The Kier molecular flexibility index (Phi) is 3.49. The Labute approximate surface area is 299 Å². The van der Waals surface area contributed by atoms with Crippen LogP contribution in [0.4, 0.5) is 0 Å². The molecule has 47 heavy (non-hydrogen) atoms. The lowest BCUT2D eigenvalue weighted by molar-refractivity contribution is 0.633. The highest BCUT2D eigenvalue weighted by molar-refractivity contribution is 6.25. The molecule has 1 nitrogen and oxygen atoms in total. The van der Waals surface area contributed by atoms with E-state index in [4.69, 9.17) is 23.6 Å². The minimum Gasteiger partial charge on any atom is -0.455 e. The summed E-state index contributed by atoms with van der Waals surface area (Å²) in [6.45, 7) is 0. The second-order valence-electron chi connectivity index (χ2n) is 10.7. The number of hydrogen-bond acceptors (Lipinski definition) is 1. The van der Waals surface area contributed by atoms with Crippen molar-refractivity contribution >= 4 is 32.5 Å². The zero-order valence-corrected chi connectivity index (χ0v) is 24.3. The van der Waals surface area contributed by atoms with E-state index in [2.05, 4.69) is 0 Å². The first kappa shape index (κ1) is 14.5. The Hall–Kier alpha value is -6.18. The fraction of sp³-hybridized carbons (Fsp3) is 0. The monoisotopic (exact) mass is 616 g/mol. The third kappa shape index (κ3) is 4.56. The van der Waals surface area contributed by atoms with E-state index in [0.29, 0.717) is 5.56 Å². The molecule has 0 fully saturated rings. The SMILES string of the molecule is [2H]c1c([2H])c([2H])c(-c2ccc(-c3oc4c(-c5c([2H])c([2H])c([2H])c([2H])c5[2H])cccc4c3-c3c4c([2H])c([2H])c([2H])c([2H])c4c(-c4ccccc4)c4c([2H])c([2H])c([2H])c([2H])c34)cc2)c([2H])c1[2H]. The number of furan rings is 1. The predicted octanol–water partition coefficient (Wildman–Crippen LogP) is 13.1. The van der Waals surface area contributed by atoms with Crippen molar-refractivity contribution < 1.29 is 29.1 Å². The molecule has 0 N–H and O–H groups in total. The smallest absolute Gasteiger partial charge is 0.143 e. The first-order valence-corrected chi connectivity index (χ1v) is 14.6. The molecule has 220 valence electrons. The van der Waals surface area contributed by atoms with Crippen molar-refractivity contribution in [1.82, 2.24) is 0 Å². The largest absolute Gasteiger partial charge is 0.455 e. The van der Waals surface area contributed by atoms with Gasteiger partial charge >= 0.3 is 0 Å². The topological polar surface area (TPSA) is 13.1 Å². The molecule has 0 amide bonds. The van der Waals surface area contributed by atoms with Gasteiger partial charge in [0.1, 0.15) is 11.3 Å². The molecule has 0 aliphatic heterocycles. The number of fused-ring (bicyclic) bond motifs is 3. The van der Waals surface area contributed by atoms with Crippen LogP contribution < -0.4 is 0 Å². The van der Waals surface area contributed by atoms with Gasteiger partial charge in [0.15, 0.2) is 0 Å². The van der Waals surface area contributed by atoms with E-state index in [1.807, 2.05) is 0 Å². The molecule has 1 aromatic heterocycles. The zero-order chi connectivity index (χ0) is 46.8. The van der Waals surface area contributed by atoms with Crippen LogP contribution in [0.2, 0.25) is 0 Å². The van der Waals surface area contributed by atoms with Crippen LogP contribution >= 0.6 is 0 Å². The summed E-state index contributed by atoms with van der Waals surface area (Å²) < 4.78 is 165. The predicted molar refractivity (Wildman–Crippen MR) is 198 cm³/mol. The van der Waals surface area contributed by atoms with E-state index in [-0.39, 0.29) is 82.8 Å². The molecule has 0 aliphatic rings. The highest BCUT2D eigenvalue weighted by atomic mass is 16.3. The average Bonchev–Trinajstić information content (AvgIpc) is 3.70. The lowest BCUT2D eigenvalue weighted by atomic mass is 9.84. The molecule has 0 spiro atoms. The third-order valence-electron chi connectivity index (χ3n) is 8.11. The molecule has 0 saturated heterocycles. The lowest BCUT2D eigenvalue weighted by Crippen LogP contribution is -1.91. The van der Waals surface area contributed by atoms with Gasteiger partial charge in [0.05, 0.1) is 24.7 Å². The van der Waals surface area contributed by atoms with Crippen LogP contribution in [0.15, 0.2) is 186 Å². The normalized spacial score (nSPS) is 16.8. The van der Waals surface area contributed by atoms with Crippen LogP contribution in [0.1, 0.15) is 24.7 Å². The summed E-state index contributed by atoms with van der Waals surface area (Å²) in [5, 5.41) is -0.198. The minimum absolute atomic E-state index is 0.0395. The van der Waals surface area contributed by atoms with E-state index in [9.17, 15) is 5.48 Å². The molecule has 1 heteroatoms. The van der Waals surface area contributed by atoms with Crippen LogP contribution in [0.3, 0.4) is 0 Å². The second-order valence-corrected chi connectivity index (χ2v) is 10.7. The maximum absolute atomic E-state index is 9.52. The number of hydrogen-bond donors (Lipinski definition) is 0. The van der Waals surface area contributed by atoms with Crippen molar-refractivity contribution in [3.63, 3.8) is 0 Å². The van der Waals surface area contributed by atoms with Gasteiger partial charge < -0.3 is 4.42 Å². The summed E-state index contributed by atoms with van der Waals surface area (Å²) in [5.74, 6) is -0.0395. The van der Waals surface area contributed by atoms with E-state index in [1.54, 1.807) is 36.4 Å². The van der Waals surface area contributed by atoms with Crippen LogP contribution in [0.5, 0.6) is 0 Å². The van der Waals surface area contributed by atoms with E-state index < -0.39 is 109 Å². The van der Waals surface area contributed by atoms with Gasteiger partial charge in [-0.3, -0.25) is 0 Å². The molecule has 0 unspecified atom stereocenters. The lowest BCUT2D eigenvalue weighted by Gasteiger charge is -2.18. The molecule has 8 aromatic carbocycles. The van der Waals surface area contributed by atoms with Gasteiger partial charge in [-0.15, -0.1) is 0 Å². The molecule has 0 radical (unpaired) electrons. The van der Waals surface area contributed by atoms with E-state index >= 15 is 0 Å². The summed E-state index contributed by atoms with van der Waals surface area (Å²) in [6, 6.07) is 9.01. The summed E-state index contributed by atoms with van der Waals surface area (Å²) in [7, 11) is 0. The quantitative estimate of drug-likeness (QED) is 0.175. The van der Waals surface area contributed by atoms with Crippen LogP contribution in [0.25, 0.3) is 88.3 Å². The summed E-state index contributed by atoms with van der Waals surface area (Å²) in [4.78, 5) is 0. The first-order chi connectivity index (χ1) is 30.8. The maximum Gasteiger partial charge on any atom is 0.143 e. The van der Waals surface area contributed by atoms with Gasteiger partial charge in [0.2, 0.25) is 0 Å². The highest BCUT2D eigenvalue weighted by Gasteiger charge is 2.25. The molecule has 1 heterocycles. The fourth-order valence-electron chi connectivity index (χ4n) is 6.10.